The molecule has 0 aromatic carbocycles. The van der Waals surface area contributed by atoms with Crippen LogP contribution in [0.2, 0.25) is 0 Å². The SMILES string of the molecule is CCS(=O)(=O)N1CCC(N(CCCC2CCCC2)CC(=O)O)CC1. The maximum Gasteiger partial charge on any atom is 0.317 e. The molecule has 1 aliphatic heterocycles. The van der Waals surface area contributed by atoms with E-state index in [0.29, 0.717) is 13.1 Å². The van der Waals surface area contributed by atoms with Gasteiger partial charge in [-0.05, 0) is 45.1 Å². The largest absolute Gasteiger partial charge is 0.480 e. The Kier molecular flexibility index (Phi) is 7.50. The van der Waals surface area contributed by atoms with Gasteiger partial charge in [-0.1, -0.05) is 25.7 Å². The highest BCUT2D eigenvalue weighted by Crippen LogP contribution is 2.29. The molecule has 24 heavy (non-hydrogen) atoms. The molecule has 2 fully saturated rings. The molecule has 1 aliphatic carbocycles. The van der Waals surface area contributed by atoms with Crippen LogP contribution in [0.5, 0.6) is 0 Å². The minimum Gasteiger partial charge on any atom is -0.480 e. The van der Waals surface area contributed by atoms with Crippen LogP contribution in [-0.4, -0.2) is 66.7 Å². The average molecular weight is 361 g/mol. The maximum atomic E-state index is 11.9. The Bertz CT molecular complexity index is 495. The normalized spacial score (nSPS) is 21.6. The number of carboxylic acids is 1. The fraction of sp³-hybridized carbons (Fsp3) is 0.941. The van der Waals surface area contributed by atoms with Crippen LogP contribution in [0.25, 0.3) is 0 Å². The number of hydrogen-bond acceptors (Lipinski definition) is 4. The van der Waals surface area contributed by atoms with Gasteiger partial charge in [-0.2, -0.15) is 0 Å². The lowest BCUT2D eigenvalue weighted by molar-refractivity contribution is -0.139. The molecule has 1 heterocycles. The van der Waals surface area contributed by atoms with Gasteiger partial charge in [0, 0.05) is 19.1 Å². The molecule has 0 atom stereocenters. The van der Waals surface area contributed by atoms with E-state index in [1.807, 2.05) is 0 Å². The van der Waals surface area contributed by atoms with E-state index in [4.69, 9.17) is 0 Å². The molecular formula is C17H32N2O4S. The van der Waals surface area contributed by atoms with Crippen molar-refractivity contribution in [2.75, 3.05) is 31.9 Å². The quantitative estimate of drug-likeness (QED) is 0.682. The van der Waals surface area contributed by atoms with E-state index >= 15 is 0 Å². The van der Waals surface area contributed by atoms with Gasteiger partial charge in [0.1, 0.15) is 0 Å². The fourth-order valence-corrected chi connectivity index (χ4v) is 5.25. The van der Waals surface area contributed by atoms with Crippen LogP contribution < -0.4 is 0 Å². The van der Waals surface area contributed by atoms with Crippen molar-refractivity contribution >= 4 is 16.0 Å². The Morgan fingerprint density at radius 3 is 2.33 bits per heavy atom. The molecule has 1 saturated carbocycles. The van der Waals surface area contributed by atoms with Crippen LogP contribution in [0.15, 0.2) is 0 Å². The van der Waals surface area contributed by atoms with Crippen molar-refractivity contribution < 1.29 is 18.3 Å². The number of hydrogen-bond donors (Lipinski definition) is 1. The van der Waals surface area contributed by atoms with E-state index in [-0.39, 0.29) is 18.3 Å². The summed E-state index contributed by atoms with van der Waals surface area (Å²) in [7, 11) is -3.12. The Morgan fingerprint density at radius 2 is 1.79 bits per heavy atom. The van der Waals surface area contributed by atoms with Gasteiger partial charge in [-0.15, -0.1) is 0 Å². The standard InChI is InChI=1S/C17H32N2O4S/c1-2-24(22,23)19-12-9-16(10-13-19)18(14-17(20)21)11-5-8-15-6-3-4-7-15/h15-16H,2-14H2,1H3,(H,20,21). The van der Waals surface area contributed by atoms with Gasteiger partial charge in [0.05, 0.1) is 12.3 Å². The zero-order valence-corrected chi connectivity index (χ0v) is 15.6. The van der Waals surface area contributed by atoms with Gasteiger partial charge in [0.2, 0.25) is 10.0 Å². The molecular weight excluding hydrogens is 328 g/mol. The fourth-order valence-electron chi connectivity index (χ4n) is 4.11. The highest BCUT2D eigenvalue weighted by atomic mass is 32.2. The molecule has 2 aliphatic rings. The summed E-state index contributed by atoms with van der Waals surface area (Å²) >= 11 is 0. The Hall–Kier alpha value is -0.660. The van der Waals surface area contributed by atoms with Crippen LogP contribution in [0, 0.1) is 5.92 Å². The zero-order chi connectivity index (χ0) is 17.6. The molecule has 0 radical (unpaired) electrons. The van der Waals surface area contributed by atoms with Gasteiger partial charge in [0.25, 0.3) is 0 Å². The summed E-state index contributed by atoms with van der Waals surface area (Å²) < 4.78 is 25.4. The second-order valence-corrected chi connectivity index (χ2v) is 9.45. The lowest BCUT2D eigenvalue weighted by Crippen LogP contribution is -2.48. The van der Waals surface area contributed by atoms with Gasteiger partial charge in [0.15, 0.2) is 0 Å². The van der Waals surface area contributed by atoms with Gasteiger partial charge in [-0.3, -0.25) is 9.69 Å². The Morgan fingerprint density at radius 1 is 1.17 bits per heavy atom. The Labute approximate surface area is 146 Å². The van der Waals surface area contributed by atoms with Gasteiger partial charge in [-0.25, -0.2) is 12.7 Å². The van der Waals surface area contributed by atoms with Crippen LogP contribution in [0.1, 0.15) is 58.3 Å². The zero-order valence-electron chi connectivity index (χ0n) is 14.8. The van der Waals surface area contributed by atoms with Gasteiger partial charge < -0.3 is 5.11 Å². The third kappa shape index (κ3) is 5.70. The number of aliphatic carboxylic acids is 1. The number of rotatable bonds is 9. The maximum absolute atomic E-state index is 11.9. The first-order valence-electron chi connectivity index (χ1n) is 9.36. The van der Waals surface area contributed by atoms with Crippen molar-refractivity contribution in [3.63, 3.8) is 0 Å². The number of nitrogens with zero attached hydrogens (tertiary/aromatic N) is 2. The monoisotopic (exact) mass is 360 g/mol. The van der Waals surface area contributed by atoms with E-state index in [1.54, 1.807) is 11.2 Å². The lowest BCUT2D eigenvalue weighted by Gasteiger charge is -2.37. The van der Waals surface area contributed by atoms with E-state index in [2.05, 4.69) is 4.90 Å². The number of piperidine rings is 1. The summed E-state index contributed by atoms with van der Waals surface area (Å²) in [4.78, 5) is 13.3. The predicted molar refractivity (Wildman–Crippen MR) is 94.5 cm³/mol. The molecule has 2 rings (SSSR count). The molecule has 140 valence electrons. The summed E-state index contributed by atoms with van der Waals surface area (Å²) in [6.07, 6.45) is 9.04. The van der Waals surface area contributed by atoms with Crippen molar-refractivity contribution in [1.82, 2.24) is 9.21 Å². The van der Waals surface area contributed by atoms with Crippen molar-refractivity contribution in [2.24, 2.45) is 5.92 Å². The molecule has 1 saturated heterocycles. The molecule has 0 unspecified atom stereocenters. The topological polar surface area (TPSA) is 77.9 Å². The predicted octanol–water partition coefficient (Wildman–Crippen LogP) is 2.16. The van der Waals surface area contributed by atoms with E-state index < -0.39 is 16.0 Å². The molecule has 0 aromatic heterocycles. The highest BCUT2D eigenvalue weighted by Gasteiger charge is 2.30. The molecule has 0 spiro atoms. The smallest absolute Gasteiger partial charge is 0.317 e. The van der Waals surface area contributed by atoms with E-state index in [1.165, 1.54) is 32.1 Å². The lowest BCUT2D eigenvalue weighted by atomic mass is 10.00. The number of carbonyl (C=O) groups is 1. The molecule has 7 heteroatoms. The number of carboxylic acid groups (broad SMARTS) is 1. The third-order valence-electron chi connectivity index (χ3n) is 5.57. The van der Waals surface area contributed by atoms with Crippen molar-refractivity contribution in [3.8, 4) is 0 Å². The summed E-state index contributed by atoms with van der Waals surface area (Å²) in [5, 5.41) is 9.20. The van der Waals surface area contributed by atoms with Crippen LogP contribution in [0.4, 0.5) is 0 Å². The highest BCUT2D eigenvalue weighted by molar-refractivity contribution is 7.89. The second kappa shape index (κ2) is 9.15. The van der Waals surface area contributed by atoms with Crippen molar-refractivity contribution in [3.05, 3.63) is 0 Å². The molecule has 0 bridgehead atoms. The summed E-state index contributed by atoms with van der Waals surface area (Å²) in [6.45, 7) is 3.57. The Balaban J connectivity index is 1.82. The number of sulfonamides is 1. The molecule has 1 N–H and O–H groups in total. The molecule has 6 nitrogen and oxygen atoms in total. The van der Waals surface area contributed by atoms with Gasteiger partial charge >= 0.3 is 5.97 Å². The summed E-state index contributed by atoms with van der Waals surface area (Å²) in [5.74, 6) is 0.172. The first kappa shape index (κ1) is 19.7. The summed E-state index contributed by atoms with van der Waals surface area (Å²) in [5.41, 5.74) is 0. The van der Waals surface area contributed by atoms with E-state index in [0.717, 1.165) is 31.7 Å². The first-order valence-corrected chi connectivity index (χ1v) is 11.0. The van der Waals surface area contributed by atoms with E-state index in [9.17, 15) is 18.3 Å². The van der Waals surface area contributed by atoms with Crippen LogP contribution in [0.3, 0.4) is 0 Å². The third-order valence-corrected chi connectivity index (χ3v) is 7.45. The van der Waals surface area contributed by atoms with Crippen molar-refractivity contribution in [2.45, 2.75) is 64.3 Å². The average Bonchev–Trinajstić information content (AvgIpc) is 3.07. The minimum absolute atomic E-state index is 0.0653. The second-order valence-electron chi connectivity index (χ2n) is 7.19. The first-order chi connectivity index (χ1) is 11.4. The minimum atomic E-state index is -3.12. The molecule has 0 aromatic rings. The van der Waals surface area contributed by atoms with Crippen LogP contribution in [-0.2, 0) is 14.8 Å². The van der Waals surface area contributed by atoms with Crippen molar-refractivity contribution in [1.29, 1.82) is 0 Å². The summed E-state index contributed by atoms with van der Waals surface area (Å²) in [6, 6.07) is 0.188. The van der Waals surface area contributed by atoms with Crippen LogP contribution >= 0.6 is 0 Å². The molecule has 0 amide bonds.